The summed E-state index contributed by atoms with van der Waals surface area (Å²) in [5, 5.41) is 12.6. The van der Waals surface area contributed by atoms with Crippen LogP contribution in [0.4, 0.5) is 4.39 Å². The highest BCUT2D eigenvalue weighted by atomic mass is 19.1. The lowest BCUT2D eigenvalue weighted by atomic mass is 9.92. The fourth-order valence-corrected chi connectivity index (χ4v) is 2.51. The minimum Gasteiger partial charge on any atom is -0.334 e. The molecule has 0 saturated carbocycles. The minimum atomic E-state index is -0.942. The molecule has 0 spiro atoms. The van der Waals surface area contributed by atoms with Crippen LogP contribution in [0.5, 0.6) is 0 Å². The van der Waals surface area contributed by atoms with Gasteiger partial charge in [-0.3, -0.25) is 9.78 Å². The van der Waals surface area contributed by atoms with Gasteiger partial charge in [0.05, 0.1) is 11.6 Å². The number of benzene rings is 1. The van der Waals surface area contributed by atoms with E-state index in [-0.39, 0.29) is 17.3 Å². The van der Waals surface area contributed by atoms with Crippen LogP contribution >= 0.6 is 0 Å². The van der Waals surface area contributed by atoms with Gasteiger partial charge in [-0.25, -0.2) is 4.39 Å². The fraction of sp³-hybridized carbons (Fsp3) is 0.353. The zero-order chi connectivity index (χ0) is 16.3. The van der Waals surface area contributed by atoms with Crippen molar-refractivity contribution in [2.75, 3.05) is 0 Å². The number of nitriles is 1. The van der Waals surface area contributed by atoms with Crippen LogP contribution in [-0.4, -0.2) is 16.4 Å². The van der Waals surface area contributed by atoms with E-state index in [9.17, 15) is 14.4 Å². The maximum Gasteiger partial charge on any atom is 0.254 e. The third-order valence-electron chi connectivity index (χ3n) is 3.38. The molecule has 0 bridgehead atoms. The Bertz CT molecular complexity index is 751. The lowest BCUT2D eigenvalue weighted by Crippen LogP contribution is -2.45. The Labute approximate surface area is 129 Å². The fourth-order valence-electron chi connectivity index (χ4n) is 2.51. The quantitative estimate of drug-likeness (QED) is 0.940. The first-order valence-electron chi connectivity index (χ1n) is 7.13. The van der Waals surface area contributed by atoms with E-state index in [4.69, 9.17) is 0 Å². The molecule has 114 valence electrons. The van der Waals surface area contributed by atoms with Crippen LogP contribution in [0.15, 0.2) is 30.5 Å². The highest BCUT2D eigenvalue weighted by molar-refractivity contribution is 5.97. The molecule has 1 amide bonds. The molecule has 1 N–H and O–H groups in total. The first-order chi connectivity index (χ1) is 10.3. The number of carbonyl (C=O) groups is 1. The second-order valence-electron chi connectivity index (χ2n) is 6.03. The average molecular weight is 299 g/mol. The Morgan fingerprint density at radius 3 is 2.86 bits per heavy atom. The van der Waals surface area contributed by atoms with Crippen LogP contribution < -0.4 is 5.32 Å². The molecule has 1 aromatic heterocycles. The highest BCUT2D eigenvalue weighted by Gasteiger charge is 2.27. The predicted molar refractivity (Wildman–Crippen MR) is 82.6 cm³/mol. The molecule has 0 fully saturated rings. The van der Waals surface area contributed by atoms with E-state index in [1.165, 1.54) is 12.3 Å². The molecule has 2 aromatic rings. The van der Waals surface area contributed by atoms with Gasteiger partial charge in [0.1, 0.15) is 16.9 Å². The molecule has 1 heterocycles. The molecule has 1 atom stereocenters. The van der Waals surface area contributed by atoms with Gasteiger partial charge in [0, 0.05) is 11.6 Å². The summed E-state index contributed by atoms with van der Waals surface area (Å²) in [4.78, 5) is 16.3. The van der Waals surface area contributed by atoms with E-state index in [1.807, 2.05) is 13.8 Å². The number of hydrogen-bond acceptors (Lipinski definition) is 3. The molecule has 1 aromatic carbocycles. The van der Waals surface area contributed by atoms with Crippen molar-refractivity contribution in [3.63, 3.8) is 0 Å². The van der Waals surface area contributed by atoms with Crippen LogP contribution in [0.3, 0.4) is 0 Å². The summed E-state index contributed by atoms with van der Waals surface area (Å²) in [7, 11) is 0. The van der Waals surface area contributed by atoms with Crippen LogP contribution in [0.1, 0.15) is 37.6 Å². The Balaban J connectivity index is 2.28. The number of nitrogens with one attached hydrogen (secondary N) is 1. The summed E-state index contributed by atoms with van der Waals surface area (Å²) < 4.78 is 13.6. The van der Waals surface area contributed by atoms with Crippen LogP contribution in [-0.2, 0) is 0 Å². The van der Waals surface area contributed by atoms with Crippen molar-refractivity contribution in [1.29, 1.82) is 5.26 Å². The van der Waals surface area contributed by atoms with Gasteiger partial charge < -0.3 is 5.32 Å². The van der Waals surface area contributed by atoms with E-state index < -0.39 is 11.4 Å². The number of nitrogens with zero attached hydrogens (tertiary/aromatic N) is 2. The number of rotatable bonds is 4. The molecule has 5 heteroatoms. The van der Waals surface area contributed by atoms with Gasteiger partial charge in [-0.15, -0.1) is 0 Å². The molecule has 22 heavy (non-hydrogen) atoms. The summed E-state index contributed by atoms with van der Waals surface area (Å²) >= 11 is 0. The summed E-state index contributed by atoms with van der Waals surface area (Å²) in [5.74, 6) is -0.539. The molecule has 0 radical (unpaired) electrons. The summed E-state index contributed by atoms with van der Waals surface area (Å²) in [6.45, 7) is 5.67. The van der Waals surface area contributed by atoms with Gasteiger partial charge >= 0.3 is 0 Å². The van der Waals surface area contributed by atoms with Crippen LogP contribution in [0, 0.1) is 23.1 Å². The largest absolute Gasteiger partial charge is 0.334 e. The van der Waals surface area contributed by atoms with E-state index in [2.05, 4.69) is 16.4 Å². The molecule has 2 rings (SSSR count). The maximum atomic E-state index is 13.6. The van der Waals surface area contributed by atoms with Crippen molar-refractivity contribution in [3.8, 4) is 6.07 Å². The summed E-state index contributed by atoms with van der Waals surface area (Å²) in [6, 6.07) is 8.31. The lowest BCUT2D eigenvalue weighted by Gasteiger charge is -2.25. The van der Waals surface area contributed by atoms with Crippen LogP contribution in [0.25, 0.3) is 10.9 Å². The smallest absolute Gasteiger partial charge is 0.254 e. The average Bonchev–Trinajstić information content (AvgIpc) is 2.46. The van der Waals surface area contributed by atoms with Crippen molar-refractivity contribution < 1.29 is 9.18 Å². The van der Waals surface area contributed by atoms with Crippen molar-refractivity contribution in [3.05, 3.63) is 41.8 Å². The first-order valence-corrected chi connectivity index (χ1v) is 7.13. The zero-order valence-electron chi connectivity index (χ0n) is 12.9. The van der Waals surface area contributed by atoms with Crippen LogP contribution in [0.2, 0.25) is 0 Å². The molecule has 4 nitrogen and oxygen atoms in total. The molecular weight excluding hydrogens is 281 g/mol. The maximum absolute atomic E-state index is 13.6. The number of aromatic nitrogens is 1. The highest BCUT2D eigenvalue weighted by Crippen LogP contribution is 2.19. The SMILES string of the molecule is CC(C)CC(C)(C#N)NC(=O)c1cnc2c(F)cccc2c1. The number of para-hydroxylation sites is 1. The van der Waals surface area contributed by atoms with Gasteiger partial charge in [-0.2, -0.15) is 5.26 Å². The van der Waals surface area contributed by atoms with Gasteiger partial charge in [-0.1, -0.05) is 26.0 Å². The first kappa shape index (κ1) is 15.9. The lowest BCUT2D eigenvalue weighted by molar-refractivity contribution is 0.0917. The normalized spacial score (nSPS) is 13.6. The van der Waals surface area contributed by atoms with E-state index in [1.54, 1.807) is 25.1 Å². The Kier molecular flexibility index (Phi) is 4.41. The van der Waals surface area contributed by atoms with Crippen molar-refractivity contribution in [2.45, 2.75) is 32.7 Å². The molecule has 0 aliphatic rings. The molecular formula is C17H18FN3O. The Morgan fingerprint density at radius 2 is 2.23 bits per heavy atom. The number of pyridine rings is 1. The number of halogens is 1. The van der Waals surface area contributed by atoms with Crippen molar-refractivity contribution in [1.82, 2.24) is 10.3 Å². The van der Waals surface area contributed by atoms with E-state index >= 15 is 0 Å². The number of fused-ring (bicyclic) bond motifs is 1. The third-order valence-corrected chi connectivity index (χ3v) is 3.38. The standard InChI is InChI=1S/C17H18FN3O/c1-11(2)8-17(3,10-19)21-16(22)13-7-12-5-4-6-14(18)15(12)20-9-13/h4-7,9,11H,8H2,1-3H3,(H,21,22). The summed E-state index contributed by atoms with van der Waals surface area (Å²) in [6.07, 6.45) is 1.87. The topological polar surface area (TPSA) is 65.8 Å². The van der Waals surface area contributed by atoms with Gasteiger partial charge in [0.25, 0.3) is 5.91 Å². The van der Waals surface area contributed by atoms with Gasteiger partial charge in [0.2, 0.25) is 0 Å². The summed E-state index contributed by atoms with van der Waals surface area (Å²) in [5.41, 5.74) is -0.407. The van der Waals surface area contributed by atoms with E-state index in [0.29, 0.717) is 17.4 Å². The monoisotopic (exact) mass is 299 g/mol. The predicted octanol–water partition coefficient (Wildman–Crippen LogP) is 3.43. The Morgan fingerprint density at radius 1 is 1.50 bits per heavy atom. The van der Waals surface area contributed by atoms with Gasteiger partial charge in [-0.05, 0) is 31.4 Å². The molecule has 0 aliphatic heterocycles. The molecule has 1 unspecified atom stereocenters. The second-order valence-corrected chi connectivity index (χ2v) is 6.03. The Hall–Kier alpha value is -2.48. The number of carbonyl (C=O) groups excluding carboxylic acids is 1. The number of amides is 1. The van der Waals surface area contributed by atoms with Crippen molar-refractivity contribution in [2.24, 2.45) is 5.92 Å². The second kappa shape index (κ2) is 6.10. The molecule has 0 saturated heterocycles. The van der Waals surface area contributed by atoms with Gasteiger partial charge in [0.15, 0.2) is 0 Å². The number of hydrogen-bond donors (Lipinski definition) is 1. The third kappa shape index (κ3) is 3.40. The van der Waals surface area contributed by atoms with E-state index in [0.717, 1.165) is 0 Å². The minimum absolute atomic E-state index is 0.226. The molecule has 0 aliphatic carbocycles. The zero-order valence-corrected chi connectivity index (χ0v) is 12.9. The van der Waals surface area contributed by atoms with Crippen molar-refractivity contribution >= 4 is 16.8 Å².